The lowest BCUT2D eigenvalue weighted by Crippen LogP contribution is -2.43. The van der Waals surface area contributed by atoms with Crippen molar-refractivity contribution in [2.24, 2.45) is 0 Å². The lowest BCUT2D eigenvalue weighted by atomic mass is 10.2. The summed E-state index contributed by atoms with van der Waals surface area (Å²) < 4.78 is 34.0. The van der Waals surface area contributed by atoms with Crippen molar-refractivity contribution in [2.75, 3.05) is 55.0 Å². The summed E-state index contributed by atoms with van der Waals surface area (Å²) in [5.74, 6) is 1.43. The molecule has 0 fully saturated rings. The van der Waals surface area contributed by atoms with Crippen LogP contribution in [0.25, 0.3) is 0 Å². The fourth-order valence-corrected chi connectivity index (χ4v) is 7.66. The van der Waals surface area contributed by atoms with Crippen molar-refractivity contribution in [1.82, 2.24) is 20.1 Å². The zero-order valence-electron chi connectivity index (χ0n) is 21.0. The number of carbonyl (C=O) groups excluding carboxylic acids is 1. The second-order valence-corrected chi connectivity index (χ2v) is 14.4. The highest BCUT2D eigenvalue weighted by atomic mass is 32.2. The highest BCUT2D eigenvalue weighted by Gasteiger charge is 2.37. The number of unbranched alkanes of at least 4 members (excludes halogenated alkanes) is 1. The maximum Gasteiger partial charge on any atom is 0.500 e. The number of carbonyl (C=O) groups is 1. The third-order valence-corrected chi connectivity index (χ3v) is 11.8. The largest absolute Gasteiger partial charge is 0.500 e. The van der Waals surface area contributed by atoms with Crippen LogP contribution in [0.3, 0.4) is 0 Å². The monoisotopic (exact) mass is 524 g/mol. The van der Waals surface area contributed by atoms with E-state index >= 15 is 0 Å². The quantitative estimate of drug-likeness (QED) is 0.175. The number of hydrogen-bond donors (Lipinski definition) is 1. The highest BCUT2D eigenvalue weighted by molar-refractivity contribution is 7.99. The molecule has 11 nitrogen and oxygen atoms in total. The Balaban J connectivity index is 2.67. The molecule has 1 rings (SSSR count). The van der Waals surface area contributed by atoms with E-state index in [0.717, 1.165) is 25.0 Å². The summed E-state index contributed by atoms with van der Waals surface area (Å²) in [6.45, 7) is 2.56. The van der Waals surface area contributed by atoms with E-state index in [4.69, 9.17) is 26.6 Å². The van der Waals surface area contributed by atoms with Crippen molar-refractivity contribution in [1.29, 1.82) is 0 Å². The van der Waals surface area contributed by atoms with Gasteiger partial charge in [-0.15, -0.1) is 5.10 Å². The lowest BCUT2D eigenvalue weighted by Gasteiger charge is -2.24. The molecule has 0 unspecified atom stereocenters. The highest BCUT2D eigenvalue weighted by Crippen LogP contribution is 2.21. The number of nitrogens with zero attached hydrogens (tertiary/aromatic N) is 3. The van der Waals surface area contributed by atoms with E-state index < -0.39 is 17.6 Å². The van der Waals surface area contributed by atoms with Crippen molar-refractivity contribution in [2.45, 2.75) is 56.3 Å². The fourth-order valence-electron chi connectivity index (χ4n) is 3.18. The minimum atomic E-state index is -2.65. The number of hydrogen-bond acceptors (Lipinski definition) is 10. The van der Waals surface area contributed by atoms with Crippen LogP contribution >= 0.6 is 11.8 Å². The normalized spacial score (nSPS) is 12.3. The molecule has 0 aliphatic rings. The Kier molecular flexibility index (Phi) is 14.6. The van der Waals surface area contributed by atoms with Crippen LogP contribution in [-0.2, 0) is 33.0 Å². The summed E-state index contributed by atoms with van der Waals surface area (Å²) in [4.78, 5) is 17.4. The molecule has 1 aromatic heterocycles. The lowest BCUT2D eigenvalue weighted by molar-refractivity contribution is 0.122. The van der Waals surface area contributed by atoms with Crippen LogP contribution in [0.5, 0.6) is 0 Å². The molecule has 0 bridgehead atoms. The fraction of sp³-hybridized carbons (Fsp3) is 0.842. The molecule has 1 N–H and O–H groups in total. The average Bonchev–Trinajstić information content (AvgIpc) is 3.27. The Hall–Kier alpha value is -0.846. The molecule has 0 aromatic carbocycles. The van der Waals surface area contributed by atoms with E-state index in [2.05, 4.69) is 22.3 Å². The van der Waals surface area contributed by atoms with Gasteiger partial charge in [0.25, 0.3) is 0 Å². The Morgan fingerprint density at radius 2 is 1.45 bits per heavy atom. The summed E-state index contributed by atoms with van der Waals surface area (Å²) in [6.07, 6.45) is 4.12. The maximum absolute atomic E-state index is 12.8. The van der Waals surface area contributed by atoms with E-state index in [0.29, 0.717) is 42.5 Å². The smallest absolute Gasteiger partial charge is 0.377 e. The summed E-state index contributed by atoms with van der Waals surface area (Å²) >= 11 is 1.51. The van der Waals surface area contributed by atoms with Gasteiger partial charge >= 0.3 is 23.6 Å². The first kappa shape index (κ1) is 30.2. The van der Waals surface area contributed by atoms with E-state index in [9.17, 15) is 4.79 Å². The predicted octanol–water partition coefficient (Wildman–Crippen LogP) is 2.81. The molecule has 0 aliphatic carbocycles. The van der Waals surface area contributed by atoms with Gasteiger partial charge in [-0.2, -0.15) is 4.68 Å². The van der Waals surface area contributed by atoms with Crippen LogP contribution in [0.1, 0.15) is 38.4 Å². The molecule has 0 saturated carbocycles. The standard InChI is InChI=1S/C19H40N4O7SSi2/c1-8-9-12-17-21-18(31-14-11-16-33(28-5,29-6)30-7)22-23(17)19(24)20-13-10-15-32(25-2,26-3)27-4/h8-16H2,1-7H3,(H,20,24). The van der Waals surface area contributed by atoms with E-state index in [1.165, 1.54) is 16.4 Å². The molecule has 1 aromatic rings. The molecule has 0 radical (unpaired) electrons. The van der Waals surface area contributed by atoms with Crippen LogP contribution in [0.4, 0.5) is 4.79 Å². The van der Waals surface area contributed by atoms with Gasteiger partial charge in [0.15, 0.2) is 0 Å². The van der Waals surface area contributed by atoms with Gasteiger partial charge < -0.3 is 31.9 Å². The molecule has 0 spiro atoms. The first-order chi connectivity index (χ1) is 15.9. The third kappa shape index (κ3) is 9.37. The SMILES string of the molecule is CCCCc1nc(SCCC[Si](OC)(OC)OC)nn1C(=O)NCCC[Si](OC)(OC)OC. The van der Waals surface area contributed by atoms with E-state index in [-0.39, 0.29) is 6.03 Å². The predicted molar refractivity (Wildman–Crippen MR) is 131 cm³/mol. The summed E-state index contributed by atoms with van der Waals surface area (Å²) in [6, 6.07) is 1.01. The Labute approximate surface area is 203 Å². The molecular weight excluding hydrogens is 484 g/mol. The molecule has 1 heterocycles. The van der Waals surface area contributed by atoms with Gasteiger partial charge in [0.05, 0.1) is 0 Å². The van der Waals surface area contributed by atoms with Crippen molar-refractivity contribution in [3.8, 4) is 0 Å². The molecule has 0 saturated heterocycles. The first-order valence-electron chi connectivity index (χ1n) is 11.1. The Morgan fingerprint density at radius 1 is 0.909 bits per heavy atom. The maximum atomic E-state index is 12.8. The number of aromatic nitrogens is 3. The summed E-state index contributed by atoms with van der Waals surface area (Å²) in [5.41, 5.74) is 0. The van der Waals surface area contributed by atoms with Crippen LogP contribution in [0, 0.1) is 0 Å². The van der Waals surface area contributed by atoms with Gasteiger partial charge in [0, 0.05) is 73.5 Å². The van der Waals surface area contributed by atoms with Gasteiger partial charge in [0.2, 0.25) is 5.16 Å². The molecule has 1 amide bonds. The van der Waals surface area contributed by atoms with Crippen LogP contribution < -0.4 is 5.32 Å². The molecule has 0 atom stereocenters. The third-order valence-electron chi connectivity index (χ3n) is 5.26. The van der Waals surface area contributed by atoms with Crippen molar-refractivity contribution >= 4 is 35.4 Å². The van der Waals surface area contributed by atoms with Crippen LogP contribution in [-0.4, -0.2) is 93.4 Å². The van der Waals surface area contributed by atoms with Crippen LogP contribution in [0.2, 0.25) is 12.1 Å². The zero-order chi connectivity index (χ0) is 24.7. The molecular formula is C19H40N4O7SSi2. The molecule has 33 heavy (non-hydrogen) atoms. The van der Waals surface area contributed by atoms with Gasteiger partial charge in [-0.05, 0) is 19.3 Å². The average molecular weight is 525 g/mol. The number of amides is 1. The summed E-state index contributed by atoms with van der Waals surface area (Å²) in [5, 5.41) is 7.93. The van der Waals surface area contributed by atoms with Gasteiger partial charge in [-0.3, -0.25) is 0 Å². The van der Waals surface area contributed by atoms with Crippen molar-refractivity contribution < 1.29 is 31.4 Å². The summed E-state index contributed by atoms with van der Waals surface area (Å²) in [7, 11) is 4.32. The van der Waals surface area contributed by atoms with Crippen molar-refractivity contribution in [3.05, 3.63) is 5.82 Å². The van der Waals surface area contributed by atoms with Crippen molar-refractivity contribution in [3.63, 3.8) is 0 Å². The van der Waals surface area contributed by atoms with Crippen LogP contribution in [0.15, 0.2) is 5.16 Å². The second kappa shape index (κ2) is 15.9. The van der Waals surface area contributed by atoms with Gasteiger partial charge in [-0.25, -0.2) is 9.78 Å². The topological polar surface area (TPSA) is 115 Å². The number of nitrogens with one attached hydrogen (secondary N) is 1. The van der Waals surface area contributed by atoms with E-state index in [1.807, 2.05) is 0 Å². The minimum absolute atomic E-state index is 0.287. The van der Waals surface area contributed by atoms with E-state index in [1.54, 1.807) is 42.7 Å². The number of rotatable bonds is 18. The van der Waals surface area contributed by atoms with Gasteiger partial charge in [-0.1, -0.05) is 25.1 Å². The Bertz CT molecular complexity index is 675. The minimum Gasteiger partial charge on any atom is -0.377 e. The zero-order valence-corrected chi connectivity index (χ0v) is 23.8. The number of thioether (sulfide) groups is 1. The molecule has 0 aliphatic heterocycles. The molecule has 192 valence electrons. The first-order valence-corrected chi connectivity index (χ1v) is 15.9. The van der Waals surface area contributed by atoms with Gasteiger partial charge in [0.1, 0.15) is 5.82 Å². The second-order valence-electron chi connectivity index (χ2n) is 7.20. The molecule has 14 heteroatoms. The number of aryl methyl sites for hydroxylation is 1. The Morgan fingerprint density at radius 3 is 1.97 bits per heavy atom.